The molecule has 0 unspecified atom stereocenters. The molecule has 0 aromatic carbocycles. The molecule has 2 aromatic heterocycles. The Hall–Kier alpha value is -1.70. The van der Waals surface area contributed by atoms with Crippen LogP contribution in [0, 0.1) is 0 Å². The van der Waals surface area contributed by atoms with Gasteiger partial charge in [-0.3, -0.25) is 10.1 Å². The monoisotopic (exact) mass is 312 g/mol. The minimum absolute atomic E-state index is 0.187. The fourth-order valence-electron chi connectivity index (χ4n) is 1.55. The molecule has 2 rings (SSSR count). The van der Waals surface area contributed by atoms with Crippen molar-refractivity contribution >= 4 is 27.8 Å². The molecule has 0 spiro atoms. The summed E-state index contributed by atoms with van der Waals surface area (Å²) < 4.78 is 2.73. The van der Waals surface area contributed by atoms with Crippen LogP contribution >= 0.6 is 15.9 Å². The summed E-state index contributed by atoms with van der Waals surface area (Å²) in [5, 5.41) is 13.9. The number of tetrazole rings is 1. The first kappa shape index (κ1) is 12.7. The van der Waals surface area contributed by atoms with Gasteiger partial charge in [-0.2, -0.15) is 4.80 Å². The quantitative estimate of drug-likeness (QED) is 0.934. The van der Waals surface area contributed by atoms with Crippen molar-refractivity contribution in [1.29, 1.82) is 0 Å². The van der Waals surface area contributed by atoms with Crippen LogP contribution < -0.4 is 5.32 Å². The molecule has 2 aromatic rings. The maximum atomic E-state index is 12.1. The van der Waals surface area contributed by atoms with Crippen molar-refractivity contribution in [1.82, 2.24) is 24.8 Å². The van der Waals surface area contributed by atoms with Gasteiger partial charge in [0.25, 0.3) is 11.9 Å². The summed E-state index contributed by atoms with van der Waals surface area (Å²) in [5.41, 5.74) is 0.546. The molecule has 0 atom stereocenters. The molecular formula is C10H13BrN6O. The molecule has 0 aliphatic rings. The van der Waals surface area contributed by atoms with E-state index in [9.17, 15) is 4.79 Å². The van der Waals surface area contributed by atoms with Crippen molar-refractivity contribution in [3.8, 4) is 0 Å². The van der Waals surface area contributed by atoms with Crippen LogP contribution in [0.1, 0.15) is 30.4 Å². The molecule has 0 radical (unpaired) electrons. The third-order valence-electron chi connectivity index (χ3n) is 2.34. The Labute approximate surface area is 112 Å². The SMILES string of the molecule is CC(C)n1cc(Br)cc1C(=O)Nc1nnn(C)n1. The van der Waals surface area contributed by atoms with Gasteiger partial charge in [-0.05, 0) is 41.1 Å². The number of hydrogen-bond acceptors (Lipinski definition) is 4. The highest BCUT2D eigenvalue weighted by Crippen LogP contribution is 2.19. The maximum Gasteiger partial charge on any atom is 0.274 e. The zero-order valence-corrected chi connectivity index (χ0v) is 11.8. The van der Waals surface area contributed by atoms with Crippen LogP contribution in [-0.4, -0.2) is 30.7 Å². The Bertz CT molecular complexity index is 573. The van der Waals surface area contributed by atoms with Crippen molar-refractivity contribution in [3.63, 3.8) is 0 Å². The average molecular weight is 313 g/mol. The van der Waals surface area contributed by atoms with Crippen LogP contribution in [0.25, 0.3) is 0 Å². The number of hydrogen-bond donors (Lipinski definition) is 1. The van der Waals surface area contributed by atoms with Crippen LogP contribution in [0.15, 0.2) is 16.7 Å². The minimum atomic E-state index is -0.262. The average Bonchev–Trinajstić information content (AvgIpc) is 2.85. The summed E-state index contributed by atoms with van der Waals surface area (Å²) in [6.07, 6.45) is 1.86. The van der Waals surface area contributed by atoms with Crippen LogP contribution in [0.3, 0.4) is 0 Å². The van der Waals surface area contributed by atoms with Gasteiger partial charge in [-0.25, -0.2) is 0 Å². The fraction of sp³-hybridized carbons (Fsp3) is 0.400. The van der Waals surface area contributed by atoms with Crippen molar-refractivity contribution in [2.24, 2.45) is 7.05 Å². The number of amides is 1. The van der Waals surface area contributed by atoms with Gasteiger partial charge in [-0.1, -0.05) is 5.10 Å². The van der Waals surface area contributed by atoms with E-state index >= 15 is 0 Å². The first-order valence-corrected chi connectivity index (χ1v) is 6.19. The zero-order chi connectivity index (χ0) is 13.3. The third kappa shape index (κ3) is 2.58. The third-order valence-corrected chi connectivity index (χ3v) is 2.77. The lowest BCUT2D eigenvalue weighted by molar-refractivity contribution is 0.101. The van der Waals surface area contributed by atoms with Crippen molar-refractivity contribution in [2.75, 3.05) is 5.32 Å². The number of carbonyl (C=O) groups is 1. The first-order chi connectivity index (χ1) is 8.47. The van der Waals surface area contributed by atoms with Gasteiger partial charge < -0.3 is 4.57 Å². The summed E-state index contributed by atoms with van der Waals surface area (Å²) in [7, 11) is 1.63. The second-order valence-corrected chi connectivity index (χ2v) is 5.02. The molecule has 18 heavy (non-hydrogen) atoms. The molecule has 7 nitrogen and oxygen atoms in total. The topological polar surface area (TPSA) is 77.6 Å². The van der Waals surface area contributed by atoms with Crippen molar-refractivity contribution in [3.05, 3.63) is 22.4 Å². The van der Waals surface area contributed by atoms with Crippen molar-refractivity contribution < 1.29 is 4.79 Å². The molecule has 0 saturated heterocycles. The van der Waals surface area contributed by atoms with Gasteiger partial charge in [0.1, 0.15) is 5.69 Å². The van der Waals surface area contributed by atoms with E-state index < -0.39 is 0 Å². The molecule has 1 amide bonds. The van der Waals surface area contributed by atoms with Gasteiger partial charge in [0.05, 0.1) is 7.05 Å². The Morgan fingerprint density at radius 3 is 2.78 bits per heavy atom. The predicted octanol–water partition coefficient (Wildman–Crippen LogP) is 1.61. The Kier molecular flexibility index (Phi) is 3.46. The van der Waals surface area contributed by atoms with E-state index in [4.69, 9.17) is 0 Å². The van der Waals surface area contributed by atoms with Crippen LogP contribution in [0.5, 0.6) is 0 Å². The molecule has 0 saturated carbocycles. The second-order valence-electron chi connectivity index (χ2n) is 4.10. The summed E-state index contributed by atoms with van der Waals surface area (Å²) >= 11 is 3.36. The number of aryl methyl sites for hydroxylation is 1. The summed E-state index contributed by atoms with van der Waals surface area (Å²) in [4.78, 5) is 13.4. The maximum absolute atomic E-state index is 12.1. The van der Waals surface area contributed by atoms with E-state index in [-0.39, 0.29) is 17.9 Å². The van der Waals surface area contributed by atoms with Gasteiger partial charge in [0, 0.05) is 16.7 Å². The number of aromatic nitrogens is 5. The number of halogens is 1. The van der Waals surface area contributed by atoms with E-state index in [1.54, 1.807) is 13.1 Å². The lowest BCUT2D eigenvalue weighted by Crippen LogP contribution is -2.18. The van der Waals surface area contributed by atoms with Gasteiger partial charge in [0.2, 0.25) is 0 Å². The summed E-state index contributed by atoms with van der Waals surface area (Å²) in [6, 6.07) is 1.94. The summed E-state index contributed by atoms with van der Waals surface area (Å²) in [6.45, 7) is 4.01. The largest absolute Gasteiger partial charge is 0.340 e. The number of anilines is 1. The van der Waals surface area contributed by atoms with E-state index in [1.807, 2.05) is 24.6 Å². The Morgan fingerprint density at radius 2 is 2.22 bits per heavy atom. The molecule has 96 valence electrons. The highest BCUT2D eigenvalue weighted by molar-refractivity contribution is 9.10. The highest BCUT2D eigenvalue weighted by Gasteiger charge is 2.16. The summed E-state index contributed by atoms with van der Waals surface area (Å²) in [5.74, 6) is -0.0717. The van der Waals surface area contributed by atoms with Gasteiger partial charge in [-0.15, -0.1) is 5.10 Å². The zero-order valence-electron chi connectivity index (χ0n) is 10.3. The normalized spacial score (nSPS) is 10.9. The van der Waals surface area contributed by atoms with Gasteiger partial charge >= 0.3 is 0 Å². The predicted molar refractivity (Wildman–Crippen MR) is 69.3 cm³/mol. The number of carbonyl (C=O) groups excluding carboxylic acids is 1. The van der Waals surface area contributed by atoms with Crippen LogP contribution in [-0.2, 0) is 7.05 Å². The lowest BCUT2D eigenvalue weighted by atomic mass is 10.3. The standard InChI is InChI=1S/C10H13BrN6O/c1-6(2)17-5-7(11)4-8(17)9(18)12-10-13-15-16(3)14-10/h4-6H,1-3H3,(H,12,14,18). The molecule has 0 fully saturated rings. The Morgan fingerprint density at radius 1 is 1.50 bits per heavy atom. The highest BCUT2D eigenvalue weighted by atomic mass is 79.9. The molecule has 2 heterocycles. The number of nitrogens with one attached hydrogen (secondary N) is 1. The van der Waals surface area contributed by atoms with E-state index in [2.05, 4.69) is 36.7 Å². The second kappa shape index (κ2) is 4.89. The molecular weight excluding hydrogens is 300 g/mol. The molecule has 0 aliphatic heterocycles. The number of rotatable bonds is 3. The smallest absolute Gasteiger partial charge is 0.274 e. The van der Waals surface area contributed by atoms with Crippen LogP contribution in [0.4, 0.5) is 5.95 Å². The Balaban J connectivity index is 2.23. The van der Waals surface area contributed by atoms with Crippen molar-refractivity contribution in [2.45, 2.75) is 19.9 Å². The number of nitrogens with zero attached hydrogens (tertiary/aromatic N) is 5. The van der Waals surface area contributed by atoms with Crippen LogP contribution in [0.2, 0.25) is 0 Å². The van der Waals surface area contributed by atoms with Gasteiger partial charge in [0.15, 0.2) is 0 Å². The molecule has 1 N–H and O–H groups in total. The molecule has 8 heteroatoms. The fourth-order valence-corrected chi connectivity index (χ4v) is 1.99. The molecule has 0 bridgehead atoms. The minimum Gasteiger partial charge on any atom is -0.340 e. The molecule has 0 aliphatic carbocycles. The first-order valence-electron chi connectivity index (χ1n) is 5.40. The van der Waals surface area contributed by atoms with E-state index in [0.717, 1.165) is 4.47 Å². The lowest BCUT2D eigenvalue weighted by Gasteiger charge is -2.11. The van der Waals surface area contributed by atoms with E-state index in [1.165, 1.54) is 4.80 Å². The van der Waals surface area contributed by atoms with E-state index in [0.29, 0.717) is 5.69 Å².